The van der Waals surface area contributed by atoms with Gasteiger partial charge < -0.3 is 23.6 Å². The monoisotopic (exact) mass is 2170 g/mol. The maximum atomic E-state index is 10.7. The molecular formula is C95H110CeF9N26O9S3. The largest absolute Gasteiger partial charge is 3.00 e. The summed E-state index contributed by atoms with van der Waals surface area (Å²) in [4.78, 5) is 104. The van der Waals surface area contributed by atoms with Gasteiger partial charge in [-0.3, -0.25) is 28.1 Å². The van der Waals surface area contributed by atoms with Crippen LogP contribution in [0.25, 0.3) is 90.0 Å². The summed E-state index contributed by atoms with van der Waals surface area (Å²) in [5.74, 6) is 12.8. The predicted molar refractivity (Wildman–Crippen MR) is 513 cm³/mol. The molecule has 759 valence electrons. The van der Waals surface area contributed by atoms with E-state index in [1.54, 1.807) is 0 Å². The zero-order valence-electron chi connectivity index (χ0n) is 83.1. The van der Waals surface area contributed by atoms with E-state index in [-0.39, 0.29) is 85.1 Å². The van der Waals surface area contributed by atoms with Crippen molar-refractivity contribution in [3.8, 4) is 23.8 Å². The molecule has 6 aromatic carbocycles. The van der Waals surface area contributed by atoms with E-state index in [1.165, 1.54) is 0 Å². The third-order valence-corrected chi connectivity index (χ3v) is 22.8. The van der Waals surface area contributed by atoms with Crippen LogP contribution in [0.15, 0.2) is 146 Å². The fourth-order valence-electron chi connectivity index (χ4n) is 13.9. The van der Waals surface area contributed by atoms with Gasteiger partial charge >= 0.3 is 58.3 Å². The van der Waals surface area contributed by atoms with Crippen LogP contribution in [0.2, 0.25) is 0 Å². The summed E-state index contributed by atoms with van der Waals surface area (Å²) >= 11 is 0. The molecule has 0 unspecified atom stereocenters. The molecule has 35 nitrogen and oxygen atoms in total. The summed E-state index contributed by atoms with van der Waals surface area (Å²) in [6, 6.07) is 48.8. The van der Waals surface area contributed by atoms with Gasteiger partial charge in [-0.15, -0.1) is 0 Å². The Kier molecular flexibility index (Phi) is 32.3. The summed E-state index contributed by atoms with van der Waals surface area (Å²) in [6.45, 7) is 53.8. The number of nitrogens with zero attached hydrogens (tertiary/aromatic N) is 24. The first kappa shape index (κ1) is 112. The van der Waals surface area contributed by atoms with E-state index in [0.717, 1.165) is 148 Å². The van der Waals surface area contributed by atoms with E-state index in [9.17, 15) is 39.5 Å². The van der Waals surface area contributed by atoms with Crippen molar-refractivity contribution in [1.82, 2.24) is 128 Å². The Morgan fingerprint density at radius 1 is 0.245 bits per heavy atom. The summed E-state index contributed by atoms with van der Waals surface area (Å²) in [5.41, 5.74) is -8.58. The van der Waals surface area contributed by atoms with Gasteiger partial charge in [-0.25, -0.2) is 75.1 Å². The Balaban J connectivity index is 0.000000220. The fourth-order valence-corrected chi connectivity index (χ4v) is 13.9. The van der Waals surface area contributed by atoms with Gasteiger partial charge in [-0.05, 0) is 72.8 Å². The van der Waals surface area contributed by atoms with E-state index in [4.69, 9.17) is 129 Å². The smallest absolute Gasteiger partial charge is 0.741 e. The minimum absolute atomic E-state index is 0. The van der Waals surface area contributed by atoms with Crippen molar-refractivity contribution in [2.75, 3.05) is 0 Å². The van der Waals surface area contributed by atoms with Crippen molar-refractivity contribution in [1.29, 1.82) is 0 Å². The molecule has 0 bridgehead atoms. The molecule has 0 aliphatic heterocycles. The van der Waals surface area contributed by atoms with E-state index >= 15 is 0 Å². The minimum Gasteiger partial charge on any atom is -0.741 e. The molecule has 16 aromatic rings. The number of alkyl halides is 9. The molecule has 16 rings (SSSR count). The van der Waals surface area contributed by atoms with Crippen molar-refractivity contribution < 1.29 is 120 Å². The normalized spacial score (nSPS) is 13.2. The second kappa shape index (κ2) is 41.2. The minimum atomic E-state index is -6.09. The van der Waals surface area contributed by atoms with Gasteiger partial charge in [0.1, 0.15) is 81.5 Å². The third kappa shape index (κ3) is 27.2. The maximum absolute atomic E-state index is 10.7. The standard InChI is InChI=1S/2C46H55N13.3CHF3O3S.Ce/c2*1-43(2,3)37-51-38(44(4,5)6)54-41(53-37)58-32-23-17-15-21-30(32)49-35(58)26-57(25-34-47-28-19-13-14-20-29(28)48-34)27-36-50-31-22-16-18-24-33(31)59(36)42-55-39(45(7,8)9)52-40(56-42)46(10,11)12;3*2-1(3,4)8(5,6)7;/h2*13-24H,25-27H2,1-12H3,(H,47,48);3*(H,5,6,7);/q;;;;;+3/p-3. The maximum Gasteiger partial charge on any atom is 3.00 e. The van der Waals surface area contributed by atoms with Crippen LogP contribution in [0.4, 0.5) is 39.5 Å². The third-order valence-electron chi connectivity index (χ3n) is 21.1. The molecule has 0 saturated carbocycles. The molecule has 10 heterocycles. The quantitative estimate of drug-likeness (QED) is 0.0515. The fraction of sp³-hybridized carbons (Fsp3) is 0.432. The number of hydrogen-bond acceptors (Lipinski definition) is 29. The molecular weight excluding hydrogens is 2060 g/mol. The number of rotatable bonds is 16. The molecule has 0 amide bonds. The van der Waals surface area contributed by atoms with Gasteiger partial charge in [0.15, 0.2) is 30.4 Å². The zero-order chi connectivity index (χ0) is 105. The number of fused-ring (bicyclic) bond motifs is 6. The van der Waals surface area contributed by atoms with Gasteiger partial charge in [0.05, 0.1) is 105 Å². The number of halogens is 9. The van der Waals surface area contributed by atoms with Crippen molar-refractivity contribution in [2.45, 2.75) is 265 Å². The number of imidazole rings is 6. The average molecular weight is 2170 g/mol. The Hall–Kier alpha value is -11.4. The Morgan fingerprint density at radius 2 is 0.406 bits per heavy atom. The number of para-hydroxylation sites is 12. The van der Waals surface area contributed by atoms with Gasteiger partial charge in [0.25, 0.3) is 0 Å². The van der Waals surface area contributed by atoms with Crippen molar-refractivity contribution in [2.24, 2.45) is 0 Å². The van der Waals surface area contributed by atoms with Crippen LogP contribution < -0.4 is 0 Å². The predicted octanol–water partition coefficient (Wildman–Crippen LogP) is 18.2. The molecule has 0 fully saturated rings. The molecule has 0 atom stereocenters. The van der Waals surface area contributed by atoms with Crippen LogP contribution in [-0.4, -0.2) is 183 Å². The average Bonchev–Trinajstić information content (AvgIpc) is 1.63. The van der Waals surface area contributed by atoms with E-state index in [2.05, 4.69) is 241 Å². The number of H-pyrrole nitrogens is 2. The molecule has 10 aromatic heterocycles. The van der Waals surface area contributed by atoms with Gasteiger partial charge in [0, 0.05) is 43.3 Å². The first-order valence-electron chi connectivity index (χ1n) is 44.5. The second-order valence-electron chi connectivity index (χ2n) is 41.9. The van der Waals surface area contributed by atoms with Crippen molar-refractivity contribution in [3.05, 3.63) is 227 Å². The van der Waals surface area contributed by atoms with Gasteiger partial charge in [0.2, 0.25) is 23.8 Å². The number of nitrogens with one attached hydrogen (secondary N) is 2. The van der Waals surface area contributed by atoms with Crippen LogP contribution in [0.5, 0.6) is 0 Å². The number of benzene rings is 6. The molecule has 0 aliphatic rings. The van der Waals surface area contributed by atoms with E-state index in [0.29, 0.717) is 63.1 Å². The first-order valence-corrected chi connectivity index (χ1v) is 48.8. The van der Waals surface area contributed by atoms with Gasteiger partial charge in [-0.1, -0.05) is 239 Å². The van der Waals surface area contributed by atoms with Crippen LogP contribution in [0.1, 0.15) is 248 Å². The van der Waals surface area contributed by atoms with Crippen LogP contribution >= 0.6 is 0 Å². The van der Waals surface area contributed by atoms with Crippen LogP contribution in [0, 0.1) is 41.7 Å². The molecule has 2 N–H and O–H groups in total. The topological polar surface area (TPSA) is 461 Å². The molecule has 0 aliphatic carbocycles. The Bertz CT molecular complexity index is 6710. The van der Waals surface area contributed by atoms with E-state index < -0.39 is 46.9 Å². The Morgan fingerprint density at radius 3 is 0.566 bits per heavy atom. The molecule has 0 spiro atoms. The van der Waals surface area contributed by atoms with Gasteiger partial charge in [-0.2, -0.15) is 79.4 Å². The van der Waals surface area contributed by atoms with Crippen LogP contribution in [-0.2, 0) is 113 Å². The number of aromatic nitrogens is 24. The number of aromatic amines is 2. The van der Waals surface area contributed by atoms with Crippen molar-refractivity contribution >= 4 is 96.6 Å². The number of hydrogen-bond donors (Lipinski definition) is 2. The Labute approximate surface area is 854 Å². The summed E-state index contributed by atoms with van der Waals surface area (Å²) in [7, 11) is -18.3. The summed E-state index contributed by atoms with van der Waals surface area (Å²) in [6.07, 6.45) is 0. The summed E-state index contributed by atoms with van der Waals surface area (Å²) < 4.78 is 185. The summed E-state index contributed by atoms with van der Waals surface area (Å²) in [5, 5.41) is 0. The molecule has 1 radical (unpaired) electrons. The second-order valence-corrected chi connectivity index (χ2v) is 46.0. The van der Waals surface area contributed by atoms with E-state index in [1.807, 2.05) is 109 Å². The molecule has 48 heteroatoms. The van der Waals surface area contributed by atoms with Crippen LogP contribution in [0.3, 0.4) is 0 Å². The first-order chi connectivity index (χ1) is 65.2. The molecule has 0 saturated heterocycles. The van der Waals surface area contributed by atoms with Crippen molar-refractivity contribution in [3.63, 3.8) is 0 Å². The zero-order valence-corrected chi connectivity index (χ0v) is 88.7. The molecule has 143 heavy (non-hydrogen) atoms. The SMILES string of the molecule is CC(C)(C)c1nc(-n2c(CN(Cc3nc4ccccc4[nH]3)Cc3nc4ccccc4n3-c3nc(C(C)(C)C)nc(C(C)(C)C)n3)nc3ccccc32)nc(C(C)(C)C)n1.CC(C)(C)c1nc(-n2c(CN(Cc3nc4ccccc4[nH]3)Cc3nc4ccccc4n3-c3nc(C(C)(C)C)nc(C(C)(C)C)n3)nc3ccccc32)nc(C(C)(C)C)n1.O=S(=O)([O-])C(F)(F)F.O=S(=O)([O-])C(F)(F)F.O=S(=O)([O-])C(F)(F)F.[Ce+3].